The molecule has 132 valence electrons. The number of hydrogen-bond donors (Lipinski definition) is 1. The average Bonchev–Trinajstić information content (AvgIpc) is 2.97. The molecule has 25 heavy (non-hydrogen) atoms. The Bertz CT molecular complexity index is 774. The van der Waals surface area contributed by atoms with Gasteiger partial charge in [-0.2, -0.15) is 0 Å². The molecular weight excluding hydrogens is 320 g/mol. The van der Waals surface area contributed by atoms with Crippen LogP contribution in [0.4, 0.5) is 0 Å². The lowest BCUT2D eigenvalue weighted by Gasteiger charge is -2.30. The lowest BCUT2D eigenvalue weighted by atomic mass is 9.93. The predicted molar refractivity (Wildman–Crippen MR) is 91.7 cm³/mol. The van der Waals surface area contributed by atoms with Crippen molar-refractivity contribution in [3.05, 3.63) is 41.2 Å². The number of likely N-dealkylation sites (tertiary alicyclic amines) is 1. The number of carboxylic acids is 1. The zero-order valence-corrected chi connectivity index (χ0v) is 14.5. The third-order valence-electron chi connectivity index (χ3n) is 4.74. The second-order valence-electron chi connectivity index (χ2n) is 6.60. The van der Waals surface area contributed by atoms with Crippen LogP contribution in [0.1, 0.15) is 41.0 Å². The third kappa shape index (κ3) is 3.70. The maximum absolute atomic E-state index is 12.7. The van der Waals surface area contributed by atoms with E-state index in [0.29, 0.717) is 37.3 Å². The Labute approximate surface area is 146 Å². The van der Waals surface area contributed by atoms with Crippen molar-refractivity contribution in [2.75, 3.05) is 13.1 Å². The van der Waals surface area contributed by atoms with E-state index in [1.165, 1.54) is 0 Å². The van der Waals surface area contributed by atoms with E-state index in [1.54, 1.807) is 9.58 Å². The molecule has 7 heteroatoms. The number of hydrogen-bond acceptors (Lipinski definition) is 4. The molecule has 1 N–H and O–H groups in total. The van der Waals surface area contributed by atoms with E-state index in [4.69, 9.17) is 5.11 Å². The van der Waals surface area contributed by atoms with Crippen LogP contribution in [0.5, 0.6) is 0 Å². The number of amides is 1. The molecule has 1 aliphatic rings. The van der Waals surface area contributed by atoms with Crippen molar-refractivity contribution in [2.24, 2.45) is 5.92 Å². The number of carboxylic acid groups (broad SMARTS) is 1. The van der Waals surface area contributed by atoms with Gasteiger partial charge in [0.15, 0.2) is 5.69 Å². The van der Waals surface area contributed by atoms with E-state index in [0.717, 1.165) is 11.3 Å². The maximum atomic E-state index is 12.7. The molecule has 2 aromatic rings. The minimum atomic E-state index is -0.776. The topological polar surface area (TPSA) is 88.3 Å². The zero-order valence-electron chi connectivity index (χ0n) is 14.5. The van der Waals surface area contributed by atoms with Gasteiger partial charge in [-0.3, -0.25) is 9.59 Å². The summed E-state index contributed by atoms with van der Waals surface area (Å²) in [5.74, 6) is -0.766. The Kier molecular flexibility index (Phi) is 4.83. The fourth-order valence-corrected chi connectivity index (χ4v) is 3.19. The van der Waals surface area contributed by atoms with Gasteiger partial charge in [0.1, 0.15) is 0 Å². The van der Waals surface area contributed by atoms with Gasteiger partial charge in [0, 0.05) is 19.5 Å². The lowest BCUT2D eigenvalue weighted by molar-refractivity contribution is -0.138. The number of aromatic nitrogens is 3. The summed E-state index contributed by atoms with van der Waals surface area (Å²) in [6.07, 6.45) is 1.59. The van der Waals surface area contributed by atoms with Crippen LogP contribution in [0.3, 0.4) is 0 Å². The van der Waals surface area contributed by atoms with Gasteiger partial charge in [0.2, 0.25) is 0 Å². The smallest absolute Gasteiger partial charge is 0.303 e. The molecule has 1 fully saturated rings. The highest BCUT2D eigenvalue weighted by molar-refractivity contribution is 5.93. The van der Waals surface area contributed by atoms with Crippen molar-refractivity contribution in [3.8, 4) is 5.69 Å². The van der Waals surface area contributed by atoms with E-state index in [9.17, 15) is 9.59 Å². The first kappa shape index (κ1) is 17.1. The van der Waals surface area contributed by atoms with Gasteiger partial charge in [-0.25, -0.2) is 4.68 Å². The molecule has 2 heterocycles. The fourth-order valence-electron chi connectivity index (χ4n) is 3.19. The molecule has 0 radical (unpaired) electrons. The minimum absolute atomic E-state index is 0.135. The normalized spacial score (nSPS) is 15.4. The summed E-state index contributed by atoms with van der Waals surface area (Å²) in [4.78, 5) is 25.3. The molecule has 0 unspecified atom stereocenters. The van der Waals surface area contributed by atoms with E-state index in [2.05, 4.69) is 10.3 Å². The number of nitrogens with zero attached hydrogens (tertiary/aromatic N) is 4. The van der Waals surface area contributed by atoms with E-state index < -0.39 is 5.97 Å². The van der Waals surface area contributed by atoms with E-state index in [-0.39, 0.29) is 18.2 Å². The van der Waals surface area contributed by atoms with Gasteiger partial charge in [-0.1, -0.05) is 22.9 Å². The summed E-state index contributed by atoms with van der Waals surface area (Å²) < 4.78 is 1.67. The first-order chi connectivity index (χ1) is 12.0. The van der Waals surface area contributed by atoms with Crippen LogP contribution in [0.2, 0.25) is 0 Å². The van der Waals surface area contributed by atoms with Crippen molar-refractivity contribution < 1.29 is 14.7 Å². The molecule has 0 saturated carbocycles. The molecule has 0 atom stereocenters. The van der Waals surface area contributed by atoms with E-state index in [1.807, 2.05) is 38.1 Å². The molecule has 7 nitrogen and oxygen atoms in total. The highest BCUT2D eigenvalue weighted by atomic mass is 16.4. The van der Waals surface area contributed by atoms with Gasteiger partial charge in [0.25, 0.3) is 5.91 Å². The second-order valence-corrected chi connectivity index (χ2v) is 6.60. The summed E-state index contributed by atoms with van der Waals surface area (Å²) in [5, 5.41) is 17.1. The Hall–Kier alpha value is -2.70. The van der Waals surface area contributed by atoms with Crippen LogP contribution >= 0.6 is 0 Å². The van der Waals surface area contributed by atoms with Crippen molar-refractivity contribution in [1.29, 1.82) is 0 Å². The number of carbonyl (C=O) groups is 2. The average molecular weight is 342 g/mol. The van der Waals surface area contributed by atoms with Crippen LogP contribution in [0.25, 0.3) is 5.69 Å². The van der Waals surface area contributed by atoms with Gasteiger partial charge in [0.05, 0.1) is 11.4 Å². The quantitative estimate of drug-likeness (QED) is 0.920. The molecular formula is C18H22N4O3. The number of aliphatic carboxylic acids is 1. The Morgan fingerprint density at radius 3 is 2.40 bits per heavy atom. The monoisotopic (exact) mass is 342 g/mol. The first-order valence-corrected chi connectivity index (χ1v) is 8.46. The maximum Gasteiger partial charge on any atom is 0.303 e. The molecule has 0 spiro atoms. The molecule has 0 aliphatic carbocycles. The summed E-state index contributed by atoms with van der Waals surface area (Å²) in [5.41, 5.74) is 3.09. The standard InChI is InChI=1S/C18H22N4O3/c1-12-3-5-15(6-4-12)22-13(2)17(19-20-22)18(25)21-9-7-14(8-10-21)11-16(23)24/h3-6,14H,7-11H2,1-2H3,(H,23,24). The van der Waals surface area contributed by atoms with Crippen molar-refractivity contribution in [2.45, 2.75) is 33.1 Å². The van der Waals surface area contributed by atoms with Gasteiger partial charge in [-0.15, -0.1) is 5.10 Å². The largest absolute Gasteiger partial charge is 0.481 e. The van der Waals surface area contributed by atoms with Crippen LogP contribution in [-0.2, 0) is 4.79 Å². The first-order valence-electron chi connectivity index (χ1n) is 8.46. The van der Waals surface area contributed by atoms with Crippen LogP contribution in [0.15, 0.2) is 24.3 Å². The number of carbonyl (C=O) groups excluding carboxylic acids is 1. The molecule has 1 aliphatic heterocycles. The second kappa shape index (κ2) is 7.04. The lowest BCUT2D eigenvalue weighted by Crippen LogP contribution is -2.39. The summed E-state index contributed by atoms with van der Waals surface area (Å²) >= 11 is 0. The Morgan fingerprint density at radius 1 is 1.16 bits per heavy atom. The Balaban J connectivity index is 1.71. The van der Waals surface area contributed by atoms with Crippen molar-refractivity contribution in [3.63, 3.8) is 0 Å². The molecule has 1 aromatic heterocycles. The summed E-state index contributed by atoms with van der Waals surface area (Å²) in [6.45, 7) is 4.98. The van der Waals surface area contributed by atoms with Crippen molar-refractivity contribution >= 4 is 11.9 Å². The number of aryl methyl sites for hydroxylation is 1. The predicted octanol–water partition coefficient (Wildman–Crippen LogP) is 2.21. The summed E-state index contributed by atoms with van der Waals surface area (Å²) in [6, 6.07) is 7.88. The van der Waals surface area contributed by atoms with Gasteiger partial charge < -0.3 is 10.0 Å². The SMILES string of the molecule is Cc1ccc(-n2nnc(C(=O)N3CCC(CC(=O)O)CC3)c2C)cc1. The molecule has 3 rings (SSSR count). The van der Waals surface area contributed by atoms with Crippen LogP contribution in [-0.4, -0.2) is 50.0 Å². The molecule has 0 bridgehead atoms. The fraction of sp³-hybridized carbons (Fsp3) is 0.444. The van der Waals surface area contributed by atoms with Crippen LogP contribution in [0, 0.1) is 19.8 Å². The van der Waals surface area contributed by atoms with Crippen molar-refractivity contribution in [1.82, 2.24) is 19.9 Å². The Morgan fingerprint density at radius 2 is 1.80 bits per heavy atom. The third-order valence-corrected chi connectivity index (χ3v) is 4.74. The highest BCUT2D eigenvalue weighted by Crippen LogP contribution is 2.22. The summed E-state index contributed by atoms with van der Waals surface area (Å²) in [7, 11) is 0. The van der Waals surface area contributed by atoms with E-state index >= 15 is 0 Å². The van der Waals surface area contributed by atoms with Crippen LogP contribution < -0.4 is 0 Å². The molecule has 1 amide bonds. The zero-order chi connectivity index (χ0) is 18.0. The highest BCUT2D eigenvalue weighted by Gasteiger charge is 2.28. The number of piperidine rings is 1. The minimum Gasteiger partial charge on any atom is -0.481 e. The number of benzene rings is 1. The van der Waals surface area contributed by atoms with Gasteiger partial charge in [-0.05, 0) is 44.7 Å². The molecule has 1 saturated heterocycles. The van der Waals surface area contributed by atoms with Gasteiger partial charge >= 0.3 is 5.97 Å². The molecule has 1 aromatic carbocycles. The number of rotatable bonds is 4.